The second-order valence-corrected chi connectivity index (χ2v) is 0.805. The summed E-state index contributed by atoms with van der Waals surface area (Å²) in [6.45, 7) is 0. The molecule has 0 aliphatic carbocycles. The summed E-state index contributed by atoms with van der Waals surface area (Å²) in [5, 5.41) is 0. The molecular formula is H6AlO3PZn. The van der Waals surface area contributed by atoms with Crippen LogP contribution in [0.5, 0.6) is 0 Å². The van der Waals surface area contributed by atoms with Gasteiger partial charge in [-0.1, -0.05) is 0 Å². The summed E-state index contributed by atoms with van der Waals surface area (Å²) in [5.41, 5.74) is 0. The maximum Gasteiger partial charge on any atom is 0.324 e. The fourth-order valence-electron chi connectivity index (χ4n) is 0. The Morgan fingerprint density at radius 1 is 1.00 bits per heavy atom. The number of hydrogen-bond donors (Lipinski definition) is 3. The molecule has 6 heavy (non-hydrogen) atoms. The SMILES string of the molecule is OP(O)O.[AlH3].[Zn]. The largest absolute Gasteiger partial charge is 0.328 e. The van der Waals surface area contributed by atoms with Crippen LogP contribution in [-0.2, 0) is 19.5 Å². The smallest absolute Gasteiger partial charge is 0.324 e. The van der Waals surface area contributed by atoms with Crippen molar-refractivity contribution in [2.75, 3.05) is 0 Å². The Morgan fingerprint density at radius 2 is 1.00 bits per heavy atom. The minimum absolute atomic E-state index is 0. The molecule has 6 heteroatoms. The van der Waals surface area contributed by atoms with Gasteiger partial charge in [0, 0.05) is 19.5 Å². The molecule has 0 aliphatic rings. The number of rotatable bonds is 0. The fourth-order valence-corrected chi connectivity index (χ4v) is 0. The molecule has 0 radical (unpaired) electrons. The normalized spacial score (nSPS) is 6.00. The fraction of sp³-hybridized carbons (Fsp3) is 0. The van der Waals surface area contributed by atoms with Crippen molar-refractivity contribution in [2.24, 2.45) is 0 Å². The molecule has 0 rings (SSSR count). The first kappa shape index (κ1) is 15.7. The zero-order chi connectivity index (χ0) is 3.58. The van der Waals surface area contributed by atoms with E-state index in [0.29, 0.717) is 0 Å². The first-order valence-corrected chi connectivity index (χ1v) is 1.80. The molecule has 0 fully saturated rings. The van der Waals surface area contributed by atoms with Crippen LogP contribution < -0.4 is 0 Å². The maximum absolute atomic E-state index is 7.23. The van der Waals surface area contributed by atoms with Crippen molar-refractivity contribution in [1.29, 1.82) is 0 Å². The summed E-state index contributed by atoms with van der Waals surface area (Å²) in [4.78, 5) is 21.7. The Labute approximate surface area is 60.3 Å². The van der Waals surface area contributed by atoms with Crippen molar-refractivity contribution in [3.63, 3.8) is 0 Å². The molecule has 3 nitrogen and oxygen atoms in total. The molecule has 3 N–H and O–H groups in total. The van der Waals surface area contributed by atoms with Crippen molar-refractivity contribution in [2.45, 2.75) is 0 Å². The molecule has 0 spiro atoms. The summed E-state index contributed by atoms with van der Waals surface area (Å²) < 4.78 is 0. The molecule has 0 aliphatic heterocycles. The summed E-state index contributed by atoms with van der Waals surface area (Å²) in [6.07, 6.45) is 0. The van der Waals surface area contributed by atoms with Crippen LogP contribution >= 0.6 is 8.60 Å². The van der Waals surface area contributed by atoms with Crippen molar-refractivity contribution >= 4 is 26.0 Å². The van der Waals surface area contributed by atoms with E-state index in [0.717, 1.165) is 0 Å². The van der Waals surface area contributed by atoms with Crippen molar-refractivity contribution in [1.82, 2.24) is 0 Å². The predicted octanol–water partition coefficient (Wildman–Crippen LogP) is -2.00. The second-order valence-electron chi connectivity index (χ2n) is 0.268. The van der Waals surface area contributed by atoms with E-state index in [-0.39, 0.29) is 36.8 Å². The third-order valence-corrected chi connectivity index (χ3v) is 0. The van der Waals surface area contributed by atoms with Gasteiger partial charge in [0.15, 0.2) is 17.4 Å². The molecule has 0 amide bonds. The number of hydrogen-bond acceptors (Lipinski definition) is 3. The zero-order valence-corrected chi connectivity index (χ0v) is 6.36. The molecular weight excluding hydrogens is 171 g/mol. The average molecular weight is 177 g/mol. The van der Waals surface area contributed by atoms with Gasteiger partial charge in [-0.15, -0.1) is 0 Å². The minimum atomic E-state index is -2.62. The predicted molar refractivity (Wildman–Crippen MR) is 23.5 cm³/mol. The molecule has 0 unspecified atom stereocenters. The standard InChI is InChI=1S/Al.H3O3P.Zn.3H/c;1-4(2)3;;;;/h;1-3H;;;;. The first-order chi connectivity index (χ1) is 1.73. The minimum Gasteiger partial charge on any atom is -0.328 e. The molecule has 34 valence electrons. The summed E-state index contributed by atoms with van der Waals surface area (Å²) >= 11 is 0. The summed E-state index contributed by atoms with van der Waals surface area (Å²) in [7, 11) is -2.62. The van der Waals surface area contributed by atoms with Crippen molar-refractivity contribution < 1.29 is 34.2 Å². The van der Waals surface area contributed by atoms with E-state index in [1.807, 2.05) is 0 Å². The summed E-state index contributed by atoms with van der Waals surface area (Å²) in [6, 6.07) is 0. The molecule has 0 aromatic carbocycles. The third-order valence-electron chi connectivity index (χ3n) is 0. The van der Waals surface area contributed by atoms with E-state index >= 15 is 0 Å². The van der Waals surface area contributed by atoms with Gasteiger partial charge >= 0.3 is 8.60 Å². The van der Waals surface area contributed by atoms with Crippen LogP contribution in [0.2, 0.25) is 0 Å². The van der Waals surface area contributed by atoms with E-state index < -0.39 is 8.60 Å². The van der Waals surface area contributed by atoms with Gasteiger partial charge in [0.05, 0.1) is 0 Å². The van der Waals surface area contributed by atoms with Crippen molar-refractivity contribution in [3.8, 4) is 0 Å². The van der Waals surface area contributed by atoms with Gasteiger partial charge in [0.2, 0.25) is 0 Å². The monoisotopic (exact) mass is 176 g/mol. The topological polar surface area (TPSA) is 60.7 Å². The quantitative estimate of drug-likeness (QED) is 0.296. The van der Waals surface area contributed by atoms with Crippen LogP contribution in [0.1, 0.15) is 0 Å². The Balaban J connectivity index is -0.0000000450. The molecule has 0 saturated carbocycles. The van der Waals surface area contributed by atoms with Crippen LogP contribution in [0.3, 0.4) is 0 Å². The first-order valence-electron chi connectivity index (χ1n) is 0.600. The van der Waals surface area contributed by atoms with Crippen molar-refractivity contribution in [3.05, 3.63) is 0 Å². The van der Waals surface area contributed by atoms with Crippen LogP contribution in [0.25, 0.3) is 0 Å². The van der Waals surface area contributed by atoms with E-state index in [4.69, 9.17) is 14.7 Å². The van der Waals surface area contributed by atoms with Crippen LogP contribution in [0.4, 0.5) is 0 Å². The molecule has 0 heterocycles. The van der Waals surface area contributed by atoms with Gasteiger partial charge in [-0.3, -0.25) is 0 Å². The van der Waals surface area contributed by atoms with E-state index in [1.54, 1.807) is 0 Å². The van der Waals surface area contributed by atoms with E-state index in [2.05, 4.69) is 0 Å². The van der Waals surface area contributed by atoms with Crippen LogP contribution in [-0.4, -0.2) is 32.0 Å². The van der Waals surface area contributed by atoms with Crippen LogP contribution in [0.15, 0.2) is 0 Å². The maximum atomic E-state index is 7.23. The summed E-state index contributed by atoms with van der Waals surface area (Å²) in [5.74, 6) is 0. The third kappa shape index (κ3) is 50.7. The van der Waals surface area contributed by atoms with Gasteiger partial charge in [-0.2, -0.15) is 0 Å². The Bertz CT molecular complexity index is 15.5. The van der Waals surface area contributed by atoms with Crippen LogP contribution in [0, 0.1) is 0 Å². The Hall–Kier alpha value is 1.47. The molecule has 0 bridgehead atoms. The average Bonchev–Trinajstić information content (AvgIpc) is 0.811. The van der Waals surface area contributed by atoms with E-state index in [9.17, 15) is 0 Å². The molecule has 0 aromatic heterocycles. The Morgan fingerprint density at radius 3 is 1.00 bits per heavy atom. The van der Waals surface area contributed by atoms with E-state index in [1.165, 1.54) is 0 Å². The van der Waals surface area contributed by atoms with Gasteiger partial charge < -0.3 is 14.7 Å². The molecule has 0 atom stereocenters. The van der Waals surface area contributed by atoms with Gasteiger partial charge in [-0.05, 0) is 0 Å². The molecule has 0 saturated heterocycles. The molecule has 0 aromatic rings. The zero-order valence-electron chi connectivity index (χ0n) is 2.50. The van der Waals surface area contributed by atoms with Gasteiger partial charge in [-0.25, -0.2) is 0 Å². The second kappa shape index (κ2) is 9.69. The van der Waals surface area contributed by atoms with Gasteiger partial charge in [0.1, 0.15) is 0 Å². The van der Waals surface area contributed by atoms with Gasteiger partial charge in [0.25, 0.3) is 0 Å². The Kier molecular flexibility index (Phi) is 25.3.